The van der Waals surface area contributed by atoms with E-state index >= 15 is 0 Å². The molecule has 1 N–H and O–H groups in total. The summed E-state index contributed by atoms with van der Waals surface area (Å²) in [6, 6.07) is 0. The number of esters is 1. The summed E-state index contributed by atoms with van der Waals surface area (Å²) in [5.41, 5.74) is 0. The molecule has 0 aliphatic rings. The molecular weight excluding hydrogens is 472 g/mol. The molecule has 4 heteroatoms. The van der Waals surface area contributed by atoms with Crippen molar-refractivity contribution < 1.29 is 19.4 Å². The molecule has 0 saturated heterocycles. The minimum atomic E-state index is -0.675. The van der Waals surface area contributed by atoms with E-state index in [2.05, 4.69) is 26.0 Å². The molecule has 1 atom stereocenters. The number of hydrogen-bond acceptors (Lipinski definition) is 3. The van der Waals surface area contributed by atoms with E-state index in [-0.39, 0.29) is 12.1 Å². The number of carbonyl (C=O) groups is 2. The molecule has 0 aromatic rings. The largest absolute Gasteiger partial charge is 0.481 e. The maximum Gasteiger partial charge on any atom is 0.306 e. The van der Waals surface area contributed by atoms with E-state index in [9.17, 15) is 9.59 Å². The fourth-order valence-corrected chi connectivity index (χ4v) is 4.99. The Labute approximate surface area is 236 Å². The highest BCUT2D eigenvalue weighted by Gasteiger charge is 2.14. The van der Waals surface area contributed by atoms with Crippen molar-refractivity contribution in [2.24, 2.45) is 0 Å². The highest BCUT2D eigenvalue weighted by molar-refractivity contribution is 5.69. The maximum atomic E-state index is 12.5. The van der Waals surface area contributed by atoms with Crippen molar-refractivity contribution in [2.75, 3.05) is 0 Å². The Bertz CT molecular complexity index is 543. The molecule has 0 aromatic heterocycles. The molecule has 1 unspecified atom stereocenters. The van der Waals surface area contributed by atoms with Crippen molar-refractivity contribution in [3.63, 3.8) is 0 Å². The summed E-state index contributed by atoms with van der Waals surface area (Å²) < 4.78 is 5.94. The van der Waals surface area contributed by atoms with Crippen LogP contribution in [0.2, 0.25) is 0 Å². The summed E-state index contributed by atoms with van der Waals surface area (Å²) in [5, 5.41) is 8.67. The van der Waals surface area contributed by atoms with Gasteiger partial charge in [-0.2, -0.15) is 0 Å². The van der Waals surface area contributed by atoms with Gasteiger partial charge in [-0.05, 0) is 57.8 Å². The molecule has 224 valence electrons. The van der Waals surface area contributed by atoms with Gasteiger partial charge in [0.25, 0.3) is 0 Å². The van der Waals surface area contributed by atoms with Crippen LogP contribution in [-0.4, -0.2) is 23.1 Å². The fourth-order valence-electron chi connectivity index (χ4n) is 4.99. The van der Waals surface area contributed by atoms with Crippen molar-refractivity contribution in [2.45, 2.75) is 193 Å². The minimum absolute atomic E-state index is 0.0210. The van der Waals surface area contributed by atoms with E-state index in [1.807, 2.05) is 0 Å². The van der Waals surface area contributed by atoms with Crippen LogP contribution in [-0.2, 0) is 14.3 Å². The zero-order valence-electron chi connectivity index (χ0n) is 25.5. The van der Waals surface area contributed by atoms with Crippen LogP contribution in [0, 0.1) is 0 Å². The number of carbonyl (C=O) groups excluding carboxylic acids is 1. The monoisotopic (exact) mass is 536 g/mol. The average Bonchev–Trinajstić information content (AvgIpc) is 2.90. The number of unbranched alkanes of at least 4 members (excludes halogenated alkanes) is 19. The van der Waals surface area contributed by atoms with E-state index in [4.69, 9.17) is 9.84 Å². The van der Waals surface area contributed by atoms with Crippen molar-refractivity contribution in [1.29, 1.82) is 0 Å². The third-order valence-corrected chi connectivity index (χ3v) is 7.49. The predicted octanol–water partition coefficient (Wildman–Crippen LogP) is 11.1. The molecule has 0 radical (unpaired) electrons. The van der Waals surface area contributed by atoms with Crippen LogP contribution in [0.4, 0.5) is 0 Å². The molecule has 0 spiro atoms. The summed E-state index contributed by atoms with van der Waals surface area (Å²) in [5.74, 6) is -0.654. The van der Waals surface area contributed by atoms with Crippen molar-refractivity contribution in [3.8, 4) is 0 Å². The molecule has 0 fully saturated rings. The first-order valence-electron chi connectivity index (χ1n) is 16.7. The molecule has 4 nitrogen and oxygen atoms in total. The summed E-state index contributed by atoms with van der Waals surface area (Å²) in [6.07, 6.45) is 35.2. The maximum absolute atomic E-state index is 12.5. The topological polar surface area (TPSA) is 63.6 Å². The standard InChI is InChI=1S/C34H64O4/c1-3-5-7-9-10-11-12-17-20-23-27-31-34(37)38-32(28-24-8-6-4-2)29-25-21-18-15-13-14-16-19-22-26-30-33(35)36/h9-10,32H,3-8,11-31H2,1-2H3,(H,35,36)/b10-9-. The number of carboxylic acid groups (broad SMARTS) is 1. The Morgan fingerprint density at radius 1 is 0.553 bits per heavy atom. The summed E-state index contributed by atoms with van der Waals surface area (Å²) in [7, 11) is 0. The summed E-state index contributed by atoms with van der Waals surface area (Å²) in [4.78, 5) is 23.0. The molecule has 0 bridgehead atoms. The lowest BCUT2D eigenvalue weighted by molar-refractivity contribution is -0.150. The molecule has 38 heavy (non-hydrogen) atoms. The van der Waals surface area contributed by atoms with E-state index < -0.39 is 5.97 Å². The van der Waals surface area contributed by atoms with Crippen LogP contribution in [0.3, 0.4) is 0 Å². The Hall–Kier alpha value is -1.32. The minimum Gasteiger partial charge on any atom is -0.481 e. The van der Waals surface area contributed by atoms with Crippen LogP contribution in [0.5, 0.6) is 0 Å². The van der Waals surface area contributed by atoms with E-state index in [0.717, 1.165) is 51.4 Å². The molecule has 0 aromatic carbocycles. The average molecular weight is 537 g/mol. The van der Waals surface area contributed by atoms with Gasteiger partial charge in [0.2, 0.25) is 0 Å². The smallest absolute Gasteiger partial charge is 0.306 e. The van der Waals surface area contributed by atoms with Gasteiger partial charge < -0.3 is 9.84 Å². The summed E-state index contributed by atoms with van der Waals surface area (Å²) in [6.45, 7) is 4.47. The lowest BCUT2D eigenvalue weighted by atomic mass is 10.0. The molecule has 0 rings (SSSR count). The van der Waals surface area contributed by atoms with Gasteiger partial charge in [0.05, 0.1) is 0 Å². The number of rotatable bonds is 30. The van der Waals surface area contributed by atoms with Gasteiger partial charge in [-0.1, -0.05) is 129 Å². The zero-order valence-corrected chi connectivity index (χ0v) is 25.5. The van der Waals surface area contributed by atoms with Gasteiger partial charge in [0.1, 0.15) is 6.10 Å². The van der Waals surface area contributed by atoms with Gasteiger partial charge in [-0.3, -0.25) is 9.59 Å². The number of allylic oxidation sites excluding steroid dienone is 2. The second-order valence-corrected chi connectivity index (χ2v) is 11.3. The van der Waals surface area contributed by atoms with Gasteiger partial charge in [-0.25, -0.2) is 0 Å². The third kappa shape index (κ3) is 29.2. The molecule has 0 aliphatic carbocycles. The second kappa shape index (κ2) is 30.2. The van der Waals surface area contributed by atoms with Crippen LogP contribution in [0.15, 0.2) is 12.2 Å². The Kier molecular flexibility index (Phi) is 29.2. The van der Waals surface area contributed by atoms with E-state index in [1.54, 1.807) is 0 Å². The first-order valence-corrected chi connectivity index (χ1v) is 16.7. The lowest BCUT2D eigenvalue weighted by Crippen LogP contribution is -2.18. The van der Waals surface area contributed by atoms with Gasteiger partial charge in [0, 0.05) is 12.8 Å². The molecular formula is C34H64O4. The first kappa shape index (κ1) is 36.7. The van der Waals surface area contributed by atoms with E-state index in [1.165, 1.54) is 109 Å². The third-order valence-electron chi connectivity index (χ3n) is 7.49. The van der Waals surface area contributed by atoms with Crippen molar-refractivity contribution >= 4 is 11.9 Å². The molecule has 0 aliphatic heterocycles. The highest BCUT2D eigenvalue weighted by Crippen LogP contribution is 2.18. The van der Waals surface area contributed by atoms with Gasteiger partial charge in [-0.15, -0.1) is 0 Å². The Balaban J connectivity index is 3.86. The predicted molar refractivity (Wildman–Crippen MR) is 163 cm³/mol. The van der Waals surface area contributed by atoms with Crippen LogP contribution >= 0.6 is 0 Å². The quantitative estimate of drug-likeness (QED) is 0.0563. The Morgan fingerprint density at radius 2 is 0.974 bits per heavy atom. The number of hydrogen-bond donors (Lipinski definition) is 1. The van der Waals surface area contributed by atoms with E-state index in [0.29, 0.717) is 12.8 Å². The molecule has 0 saturated carbocycles. The number of carboxylic acids is 1. The fraction of sp³-hybridized carbons (Fsp3) is 0.882. The lowest BCUT2D eigenvalue weighted by Gasteiger charge is -2.18. The van der Waals surface area contributed by atoms with Gasteiger partial charge in [0.15, 0.2) is 0 Å². The SMILES string of the molecule is CCCC/C=C\CCCCCCCC(=O)OC(CCCCCC)CCCCCCCCCCCCC(=O)O. The normalized spacial score (nSPS) is 12.3. The second-order valence-electron chi connectivity index (χ2n) is 11.3. The van der Waals surface area contributed by atoms with Crippen molar-refractivity contribution in [1.82, 2.24) is 0 Å². The van der Waals surface area contributed by atoms with Gasteiger partial charge >= 0.3 is 11.9 Å². The molecule has 0 heterocycles. The first-order chi connectivity index (χ1) is 18.6. The van der Waals surface area contributed by atoms with Crippen molar-refractivity contribution in [3.05, 3.63) is 12.2 Å². The zero-order chi connectivity index (χ0) is 27.9. The van der Waals surface area contributed by atoms with Crippen LogP contribution in [0.1, 0.15) is 187 Å². The number of ether oxygens (including phenoxy) is 1. The van der Waals surface area contributed by atoms with Crippen LogP contribution in [0.25, 0.3) is 0 Å². The highest BCUT2D eigenvalue weighted by atomic mass is 16.5. The summed E-state index contributed by atoms with van der Waals surface area (Å²) >= 11 is 0. The van der Waals surface area contributed by atoms with Crippen LogP contribution < -0.4 is 0 Å². The Morgan fingerprint density at radius 3 is 1.50 bits per heavy atom. The number of aliphatic carboxylic acids is 1. The molecule has 0 amide bonds.